The Morgan fingerprint density at radius 3 is 2.88 bits per heavy atom. The normalized spacial score (nSPS) is 19.8. The second-order valence-corrected chi connectivity index (χ2v) is 5.80. The number of hydrogen-bond donors (Lipinski definition) is 1. The first kappa shape index (κ1) is 12.1. The van der Waals surface area contributed by atoms with Crippen LogP contribution in [-0.2, 0) is 6.42 Å². The Morgan fingerprint density at radius 1 is 1.38 bits per heavy atom. The molecule has 0 spiro atoms. The lowest BCUT2D eigenvalue weighted by Crippen LogP contribution is -2.35. The third-order valence-corrected chi connectivity index (χ3v) is 4.55. The van der Waals surface area contributed by atoms with E-state index in [1.807, 2.05) is 0 Å². The molecule has 1 fully saturated rings. The van der Waals surface area contributed by atoms with Crippen molar-refractivity contribution in [1.29, 1.82) is 0 Å². The van der Waals surface area contributed by atoms with Gasteiger partial charge in [-0.05, 0) is 61.0 Å². The van der Waals surface area contributed by atoms with Crippen molar-refractivity contribution in [3.05, 3.63) is 22.4 Å². The summed E-state index contributed by atoms with van der Waals surface area (Å²) >= 11 is 1.80. The van der Waals surface area contributed by atoms with Crippen LogP contribution >= 0.6 is 11.3 Å². The summed E-state index contributed by atoms with van der Waals surface area (Å²) in [5, 5.41) is 8.12. The van der Waals surface area contributed by atoms with Gasteiger partial charge >= 0.3 is 0 Å². The summed E-state index contributed by atoms with van der Waals surface area (Å²) in [6.45, 7) is 3.50. The van der Waals surface area contributed by atoms with Crippen molar-refractivity contribution in [3.63, 3.8) is 0 Å². The Bertz CT molecular complexity index is 275. The number of nitrogens with one attached hydrogen (secondary N) is 1. The highest BCUT2D eigenvalue weighted by Crippen LogP contribution is 2.26. The zero-order chi connectivity index (χ0) is 11.2. The SMILES string of the molecule is CC(NCCc1ccsc1)C1CCCCC1. The van der Waals surface area contributed by atoms with Crippen LogP contribution in [0.1, 0.15) is 44.6 Å². The zero-order valence-corrected chi connectivity index (χ0v) is 11.1. The fourth-order valence-corrected chi connectivity index (χ4v) is 3.38. The first-order valence-corrected chi connectivity index (χ1v) is 7.55. The highest BCUT2D eigenvalue weighted by molar-refractivity contribution is 7.07. The van der Waals surface area contributed by atoms with E-state index in [4.69, 9.17) is 0 Å². The quantitative estimate of drug-likeness (QED) is 0.820. The highest BCUT2D eigenvalue weighted by Gasteiger charge is 2.19. The monoisotopic (exact) mass is 237 g/mol. The molecule has 0 aliphatic heterocycles. The fraction of sp³-hybridized carbons (Fsp3) is 0.714. The van der Waals surface area contributed by atoms with Crippen LogP contribution in [0.5, 0.6) is 0 Å². The molecule has 1 atom stereocenters. The first-order valence-electron chi connectivity index (χ1n) is 6.61. The molecule has 2 rings (SSSR count). The molecule has 1 saturated carbocycles. The smallest absolute Gasteiger partial charge is 0.00671 e. The van der Waals surface area contributed by atoms with Gasteiger partial charge in [-0.2, -0.15) is 11.3 Å². The van der Waals surface area contributed by atoms with Gasteiger partial charge in [0.15, 0.2) is 0 Å². The first-order chi connectivity index (χ1) is 7.86. The van der Waals surface area contributed by atoms with Crippen molar-refractivity contribution in [2.75, 3.05) is 6.54 Å². The summed E-state index contributed by atoms with van der Waals surface area (Å²) in [5.41, 5.74) is 1.48. The molecule has 0 amide bonds. The van der Waals surface area contributed by atoms with E-state index < -0.39 is 0 Å². The maximum absolute atomic E-state index is 3.70. The molecule has 0 radical (unpaired) electrons. The van der Waals surface area contributed by atoms with E-state index in [0.717, 1.165) is 12.5 Å². The van der Waals surface area contributed by atoms with Crippen molar-refractivity contribution in [3.8, 4) is 0 Å². The van der Waals surface area contributed by atoms with Crippen LogP contribution < -0.4 is 5.32 Å². The Morgan fingerprint density at radius 2 is 2.19 bits per heavy atom. The molecule has 1 aliphatic rings. The standard InChI is InChI=1S/C14H23NS/c1-12(14-5-3-2-4-6-14)15-9-7-13-8-10-16-11-13/h8,10-12,14-15H,2-7,9H2,1H3. The second kappa shape index (κ2) is 6.41. The molecule has 1 aliphatic carbocycles. The number of thiophene rings is 1. The summed E-state index contributed by atoms with van der Waals surface area (Å²) < 4.78 is 0. The van der Waals surface area contributed by atoms with Crippen molar-refractivity contribution in [2.45, 2.75) is 51.5 Å². The van der Waals surface area contributed by atoms with Crippen molar-refractivity contribution in [1.82, 2.24) is 5.32 Å². The van der Waals surface area contributed by atoms with Gasteiger partial charge in [0.25, 0.3) is 0 Å². The molecule has 0 bridgehead atoms. The molecule has 2 heteroatoms. The van der Waals surface area contributed by atoms with Crippen LogP contribution in [0.25, 0.3) is 0 Å². The summed E-state index contributed by atoms with van der Waals surface area (Å²) in [4.78, 5) is 0. The Balaban J connectivity index is 1.65. The highest BCUT2D eigenvalue weighted by atomic mass is 32.1. The molecule has 1 N–H and O–H groups in total. The van der Waals surface area contributed by atoms with Gasteiger partial charge in [0.05, 0.1) is 0 Å². The van der Waals surface area contributed by atoms with Crippen LogP contribution in [-0.4, -0.2) is 12.6 Å². The van der Waals surface area contributed by atoms with E-state index in [1.54, 1.807) is 11.3 Å². The van der Waals surface area contributed by atoms with Gasteiger partial charge in [0.2, 0.25) is 0 Å². The minimum Gasteiger partial charge on any atom is -0.314 e. The molecule has 1 aromatic heterocycles. The van der Waals surface area contributed by atoms with Crippen LogP contribution in [0.3, 0.4) is 0 Å². The van der Waals surface area contributed by atoms with Crippen LogP contribution in [0.4, 0.5) is 0 Å². The molecule has 1 unspecified atom stereocenters. The third kappa shape index (κ3) is 3.60. The number of hydrogen-bond acceptors (Lipinski definition) is 2. The molecule has 0 aromatic carbocycles. The van der Waals surface area contributed by atoms with Gasteiger partial charge in [0.1, 0.15) is 0 Å². The van der Waals surface area contributed by atoms with Crippen molar-refractivity contribution in [2.24, 2.45) is 5.92 Å². The van der Waals surface area contributed by atoms with Crippen LogP contribution in [0, 0.1) is 5.92 Å². The lowest BCUT2D eigenvalue weighted by Gasteiger charge is -2.28. The Hall–Kier alpha value is -0.340. The molecule has 90 valence electrons. The van der Waals surface area contributed by atoms with Gasteiger partial charge < -0.3 is 5.32 Å². The minimum atomic E-state index is 0.707. The molecule has 1 aromatic rings. The molecule has 16 heavy (non-hydrogen) atoms. The van der Waals surface area contributed by atoms with E-state index in [0.29, 0.717) is 6.04 Å². The molecule has 1 nitrogen and oxygen atoms in total. The maximum atomic E-state index is 3.70. The molecular weight excluding hydrogens is 214 g/mol. The van der Waals surface area contributed by atoms with E-state index >= 15 is 0 Å². The van der Waals surface area contributed by atoms with Crippen LogP contribution in [0.15, 0.2) is 16.8 Å². The van der Waals surface area contributed by atoms with Crippen molar-refractivity contribution < 1.29 is 0 Å². The topological polar surface area (TPSA) is 12.0 Å². The average molecular weight is 237 g/mol. The molecule has 1 heterocycles. The van der Waals surface area contributed by atoms with E-state index in [9.17, 15) is 0 Å². The minimum absolute atomic E-state index is 0.707. The van der Waals surface area contributed by atoms with Crippen molar-refractivity contribution >= 4 is 11.3 Å². The summed E-state index contributed by atoms with van der Waals surface area (Å²) in [6, 6.07) is 2.94. The molecule has 0 saturated heterocycles. The predicted molar refractivity (Wildman–Crippen MR) is 72.1 cm³/mol. The van der Waals surface area contributed by atoms with Gasteiger partial charge in [0, 0.05) is 6.04 Å². The lowest BCUT2D eigenvalue weighted by molar-refractivity contribution is 0.283. The van der Waals surface area contributed by atoms with Crippen LogP contribution in [0.2, 0.25) is 0 Å². The predicted octanol–water partition coefficient (Wildman–Crippen LogP) is 3.85. The lowest BCUT2D eigenvalue weighted by atomic mass is 9.84. The Labute approximate surface area is 103 Å². The molecular formula is C14H23NS. The van der Waals surface area contributed by atoms with E-state index in [2.05, 4.69) is 29.1 Å². The van der Waals surface area contributed by atoms with E-state index in [1.165, 1.54) is 44.1 Å². The van der Waals surface area contributed by atoms with Gasteiger partial charge in [-0.25, -0.2) is 0 Å². The van der Waals surface area contributed by atoms with Gasteiger partial charge in [-0.15, -0.1) is 0 Å². The number of rotatable bonds is 5. The zero-order valence-electron chi connectivity index (χ0n) is 10.2. The van der Waals surface area contributed by atoms with Gasteiger partial charge in [-0.3, -0.25) is 0 Å². The van der Waals surface area contributed by atoms with Gasteiger partial charge in [-0.1, -0.05) is 19.3 Å². The largest absolute Gasteiger partial charge is 0.314 e. The fourth-order valence-electron chi connectivity index (χ4n) is 2.68. The summed E-state index contributed by atoms with van der Waals surface area (Å²) in [7, 11) is 0. The summed E-state index contributed by atoms with van der Waals surface area (Å²) in [5.74, 6) is 0.927. The van der Waals surface area contributed by atoms with E-state index in [-0.39, 0.29) is 0 Å². The second-order valence-electron chi connectivity index (χ2n) is 5.02. The third-order valence-electron chi connectivity index (χ3n) is 3.82. The summed E-state index contributed by atoms with van der Waals surface area (Å²) in [6.07, 6.45) is 8.40. The average Bonchev–Trinajstić information content (AvgIpc) is 2.83. The maximum Gasteiger partial charge on any atom is 0.00671 e. The Kier molecular flexibility index (Phi) is 4.86.